The molecular formula is C16H36N4O. The fourth-order valence-corrected chi connectivity index (χ4v) is 2.76. The van der Waals surface area contributed by atoms with Crippen LogP contribution >= 0.6 is 0 Å². The van der Waals surface area contributed by atoms with Crippen LogP contribution in [0.3, 0.4) is 0 Å². The van der Waals surface area contributed by atoms with Crippen molar-refractivity contribution >= 4 is 5.91 Å². The van der Waals surface area contributed by atoms with Crippen molar-refractivity contribution in [2.75, 3.05) is 33.7 Å². The van der Waals surface area contributed by atoms with Gasteiger partial charge >= 0.3 is 0 Å². The number of rotatable bonds is 11. The van der Waals surface area contributed by atoms with Crippen LogP contribution in [0.25, 0.3) is 0 Å². The minimum absolute atomic E-state index is 0.233. The van der Waals surface area contributed by atoms with Crippen LogP contribution in [-0.4, -0.2) is 67.1 Å². The maximum absolute atomic E-state index is 11.9. The SMILES string of the molecule is CCCN(CCN(C)C)C(C)CC(C)(NC(C)C)C(N)=O. The second kappa shape index (κ2) is 9.38. The number of carbonyl (C=O) groups excluding carboxylic acids is 1. The molecule has 0 aliphatic rings. The van der Waals surface area contributed by atoms with Crippen LogP contribution in [0.15, 0.2) is 0 Å². The zero-order valence-corrected chi connectivity index (χ0v) is 15.1. The van der Waals surface area contributed by atoms with Crippen molar-refractivity contribution in [3.8, 4) is 0 Å². The quantitative estimate of drug-likeness (QED) is 0.603. The van der Waals surface area contributed by atoms with Crippen LogP contribution in [-0.2, 0) is 4.79 Å². The fourth-order valence-electron chi connectivity index (χ4n) is 2.76. The number of hydrogen-bond acceptors (Lipinski definition) is 4. The van der Waals surface area contributed by atoms with Crippen LogP contribution in [0.5, 0.6) is 0 Å². The van der Waals surface area contributed by atoms with E-state index in [1.54, 1.807) is 0 Å². The van der Waals surface area contributed by atoms with E-state index < -0.39 is 5.54 Å². The van der Waals surface area contributed by atoms with E-state index in [1.165, 1.54) is 0 Å². The Hall–Kier alpha value is -0.650. The van der Waals surface area contributed by atoms with Crippen molar-refractivity contribution in [3.63, 3.8) is 0 Å². The standard InChI is InChI=1S/C16H36N4O/c1-8-9-20(11-10-19(6)7)14(4)12-16(5,15(17)21)18-13(2)3/h13-14,18H,8-12H2,1-7H3,(H2,17,21). The Labute approximate surface area is 131 Å². The molecule has 0 fully saturated rings. The average molecular weight is 300 g/mol. The van der Waals surface area contributed by atoms with Gasteiger partial charge in [0.1, 0.15) is 0 Å². The molecule has 0 aromatic heterocycles. The van der Waals surface area contributed by atoms with Crippen molar-refractivity contribution < 1.29 is 4.79 Å². The molecule has 0 aromatic carbocycles. The molecule has 5 heteroatoms. The van der Waals surface area contributed by atoms with Gasteiger partial charge in [-0.3, -0.25) is 9.69 Å². The molecule has 0 saturated heterocycles. The Morgan fingerprint density at radius 3 is 2.14 bits per heavy atom. The van der Waals surface area contributed by atoms with Gasteiger partial charge in [0.25, 0.3) is 0 Å². The highest BCUT2D eigenvalue weighted by Gasteiger charge is 2.34. The summed E-state index contributed by atoms with van der Waals surface area (Å²) in [6, 6.07) is 0.546. The summed E-state index contributed by atoms with van der Waals surface area (Å²) in [5, 5.41) is 3.34. The zero-order valence-electron chi connectivity index (χ0n) is 15.1. The first kappa shape index (κ1) is 20.3. The lowest BCUT2D eigenvalue weighted by Crippen LogP contribution is -2.58. The molecule has 21 heavy (non-hydrogen) atoms. The Morgan fingerprint density at radius 1 is 1.19 bits per heavy atom. The van der Waals surface area contributed by atoms with Gasteiger partial charge in [-0.15, -0.1) is 0 Å². The molecule has 3 N–H and O–H groups in total. The molecule has 2 unspecified atom stereocenters. The van der Waals surface area contributed by atoms with Gasteiger partial charge in [-0.2, -0.15) is 0 Å². The summed E-state index contributed by atoms with van der Waals surface area (Å²) in [5.74, 6) is -0.271. The smallest absolute Gasteiger partial charge is 0.237 e. The third kappa shape index (κ3) is 7.79. The molecule has 0 aliphatic carbocycles. The van der Waals surface area contributed by atoms with Gasteiger partial charge in [-0.25, -0.2) is 0 Å². The summed E-state index contributed by atoms with van der Waals surface area (Å²) in [5.41, 5.74) is 4.98. The molecule has 0 aliphatic heterocycles. The third-order valence-corrected chi connectivity index (χ3v) is 3.82. The van der Waals surface area contributed by atoms with Crippen LogP contribution in [0, 0.1) is 0 Å². The molecule has 5 nitrogen and oxygen atoms in total. The van der Waals surface area contributed by atoms with Gasteiger partial charge < -0.3 is 16.0 Å². The summed E-state index contributed by atoms with van der Waals surface area (Å²) in [4.78, 5) is 16.5. The van der Waals surface area contributed by atoms with Gasteiger partial charge in [0.05, 0.1) is 5.54 Å². The lowest BCUT2D eigenvalue weighted by Gasteiger charge is -2.37. The van der Waals surface area contributed by atoms with E-state index in [4.69, 9.17) is 5.73 Å². The van der Waals surface area contributed by atoms with Gasteiger partial charge in [-0.1, -0.05) is 6.92 Å². The highest BCUT2D eigenvalue weighted by Crippen LogP contribution is 2.17. The molecule has 0 bridgehead atoms. The minimum atomic E-state index is -0.655. The number of amides is 1. The van der Waals surface area contributed by atoms with E-state index in [0.29, 0.717) is 6.04 Å². The number of primary amides is 1. The van der Waals surface area contributed by atoms with E-state index in [9.17, 15) is 4.79 Å². The number of hydrogen-bond donors (Lipinski definition) is 2. The minimum Gasteiger partial charge on any atom is -0.368 e. The van der Waals surface area contributed by atoms with Crippen molar-refractivity contribution in [2.24, 2.45) is 5.73 Å². The summed E-state index contributed by atoms with van der Waals surface area (Å²) < 4.78 is 0. The topological polar surface area (TPSA) is 61.6 Å². The first-order chi connectivity index (χ1) is 9.62. The molecule has 0 heterocycles. The molecule has 0 aromatic rings. The van der Waals surface area contributed by atoms with Gasteiger partial charge in [-0.05, 0) is 61.2 Å². The molecule has 0 radical (unpaired) electrons. The predicted molar refractivity (Wildman–Crippen MR) is 90.4 cm³/mol. The Morgan fingerprint density at radius 2 is 1.76 bits per heavy atom. The van der Waals surface area contributed by atoms with Gasteiger partial charge in [0, 0.05) is 25.2 Å². The largest absolute Gasteiger partial charge is 0.368 e. The van der Waals surface area contributed by atoms with Crippen molar-refractivity contribution in [2.45, 2.75) is 65.1 Å². The highest BCUT2D eigenvalue weighted by atomic mass is 16.1. The first-order valence-corrected chi connectivity index (χ1v) is 8.08. The second-order valence-corrected chi connectivity index (χ2v) is 6.89. The monoisotopic (exact) mass is 300 g/mol. The number of nitrogens with zero attached hydrogens (tertiary/aromatic N) is 2. The summed E-state index contributed by atoms with van der Waals surface area (Å²) >= 11 is 0. The highest BCUT2D eigenvalue weighted by molar-refractivity contribution is 5.84. The Kier molecular flexibility index (Phi) is 9.09. The molecule has 2 atom stereocenters. The molecule has 0 spiro atoms. The second-order valence-electron chi connectivity index (χ2n) is 6.89. The van der Waals surface area contributed by atoms with E-state index in [-0.39, 0.29) is 11.9 Å². The Bertz CT molecular complexity index is 307. The van der Waals surface area contributed by atoms with Gasteiger partial charge in [0.15, 0.2) is 0 Å². The molecular weight excluding hydrogens is 264 g/mol. The summed E-state index contributed by atoms with van der Waals surface area (Å²) in [6.45, 7) is 13.5. The molecule has 1 amide bonds. The normalized spacial score (nSPS) is 16.5. The predicted octanol–water partition coefficient (Wildman–Crippen LogP) is 1.28. The average Bonchev–Trinajstić information content (AvgIpc) is 2.32. The van der Waals surface area contributed by atoms with Crippen LogP contribution in [0.4, 0.5) is 0 Å². The van der Waals surface area contributed by atoms with Gasteiger partial charge in [0.2, 0.25) is 5.91 Å². The lowest BCUT2D eigenvalue weighted by molar-refractivity contribution is -0.125. The molecule has 126 valence electrons. The third-order valence-electron chi connectivity index (χ3n) is 3.82. The lowest BCUT2D eigenvalue weighted by atomic mass is 9.91. The van der Waals surface area contributed by atoms with E-state index in [1.807, 2.05) is 20.8 Å². The van der Waals surface area contributed by atoms with E-state index in [0.717, 1.165) is 32.5 Å². The fraction of sp³-hybridized carbons (Fsp3) is 0.938. The van der Waals surface area contributed by atoms with Crippen molar-refractivity contribution in [1.29, 1.82) is 0 Å². The molecule has 0 rings (SSSR count). The van der Waals surface area contributed by atoms with Crippen LogP contribution in [0.2, 0.25) is 0 Å². The maximum Gasteiger partial charge on any atom is 0.237 e. The van der Waals surface area contributed by atoms with Crippen molar-refractivity contribution in [1.82, 2.24) is 15.1 Å². The Balaban J connectivity index is 4.81. The maximum atomic E-state index is 11.9. The van der Waals surface area contributed by atoms with Crippen LogP contribution < -0.4 is 11.1 Å². The van der Waals surface area contributed by atoms with E-state index in [2.05, 4.69) is 43.1 Å². The van der Waals surface area contributed by atoms with Crippen molar-refractivity contribution in [3.05, 3.63) is 0 Å². The number of likely N-dealkylation sites (N-methyl/N-ethyl adjacent to an activating group) is 1. The number of nitrogens with one attached hydrogen (secondary N) is 1. The molecule has 0 saturated carbocycles. The summed E-state index contributed by atoms with van der Waals surface area (Å²) in [7, 11) is 4.17. The first-order valence-electron chi connectivity index (χ1n) is 8.08. The van der Waals surface area contributed by atoms with Crippen LogP contribution in [0.1, 0.15) is 47.5 Å². The van der Waals surface area contributed by atoms with E-state index >= 15 is 0 Å². The number of nitrogens with two attached hydrogens (primary N) is 1. The summed E-state index contributed by atoms with van der Waals surface area (Å²) in [6.07, 6.45) is 1.84. The number of carbonyl (C=O) groups is 1. The zero-order chi connectivity index (χ0) is 16.6.